The van der Waals surface area contributed by atoms with Gasteiger partial charge in [-0.3, -0.25) is 14.4 Å². The van der Waals surface area contributed by atoms with Gasteiger partial charge in [0.2, 0.25) is 11.8 Å². The number of benzene rings is 1. The smallest absolute Gasteiger partial charge is 0.252 e. The van der Waals surface area contributed by atoms with Gasteiger partial charge in [0.1, 0.15) is 6.04 Å². The summed E-state index contributed by atoms with van der Waals surface area (Å²) in [6.07, 6.45) is 0.524. The Hall–Kier alpha value is -2.69. The average molecular weight is 481 g/mol. The van der Waals surface area contributed by atoms with Gasteiger partial charge in [-0.25, -0.2) is 0 Å². The molecule has 0 bridgehead atoms. The van der Waals surface area contributed by atoms with Gasteiger partial charge in [0.25, 0.3) is 5.91 Å². The van der Waals surface area contributed by atoms with Gasteiger partial charge in [-0.2, -0.15) is 5.48 Å². The number of carbonyl (C=O) groups is 3. The minimum atomic E-state index is -0.712. The predicted molar refractivity (Wildman–Crippen MR) is 130 cm³/mol. The van der Waals surface area contributed by atoms with Crippen LogP contribution >= 0.6 is 0 Å². The van der Waals surface area contributed by atoms with E-state index in [4.69, 9.17) is 14.3 Å². The molecule has 0 saturated carbocycles. The van der Waals surface area contributed by atoms with E-state index in [1.807, 2.05) is 13.8 Å². The molecule has 0 saturated heterocycles. The highest BCUT2D eigenvalue weighted by atomic mass is 16.7. The van der Waals surface area contributed by atoms with E-state index in [0.29, 0.717) is 43.7 Å². The van der Waals surface area contributed by atoms with Crippen LogP contribution in [0.15, 0.2) is 24.3 Å². The van der Waals surface area contributed by atoms with Crippen molar-refractivity contribution >= 4 is 23.4 Å². The summed E-state index contributed by atoms with van der Waals surface area (Å²) < 4.78 is 10.8. The van der Waals surface area contributed by atoms with Crippen molar-refractivity contribution < 1.29 is 28.7 Å². The molecule has 10 heteroatoms. The molecule has 192 valence electrons. The Morgan fingerprint density at radius 2 is 1.50 bits per heavy atom. The van der Waals surface area contributed by atoms with E-state index in [2.05, 4.69) is 35.3 Å². The van der Waals surface area contributed by atoms with E-state index in [-0.39, 0.29) is 36.7 Å². The summed E-state index contributed by atoms with van der Waals surface area (Å²) in [6, 6.07) is 6.25. The summed E-state index contributed by atoms with van der Waals surface area (Å²) in [5.41, 5.74) is 2.92. The maximum absolute atomic E-state index is 12.3. The molecule has 1 atom stereocenters. The summed E-state index contributed by atoms with van der Waals surface area (Å²) in [5, 5.41) is 8.62. The van der Waals surface area contributed by atoms with Crippen molar-refractivity contribution in [2.75, 3.05) is 38.3 Å². The van der Waals surface area contributed by atoms with Crippen molar-refractivity contribution in [2.24, 2.45) is 5.92 Å². The van der Waals surface area contributed by atoms with E-state index < -0.39 is 6.04 Å². The zero-order valence-corrected chi connectivity index (χ0v) is 20.9. The second-order valence-electron chi connectivity index (χ2n) is 8.61. The van der Waals surface area contributed by atoms with Crippen molar-refractivity contribution in [3.8, 4) is 5.75 Å². The van der Waals surface area contributed by atoms with Gasteiger partial charge in [0, 0.05) is 31.1 Å². The molecular formula is C24H40N4O6. The largest absolute Gasteiger partial charge is 0.380 e. The number of ether oxygens (including phenoxy) is 2. The highest BCUT2D eigenvalue weighted by Crippen LogP contribution is 2.15. The summed E-state index contributed by atoms with van der Waals surface area (Å²) >= 11 is 0. The van der Waals surface area contributed by atoms with Crippen molar-refractivity contribution in [1.82, 2.24) is 16.1 Å². The van der Waals surface area contributed by atoms with Crippen molar-refractivity contribution in [3.63, 3.8) is 0 Å². The molecule has 0 spiro atoms. The van der Waals surface area contributed by atoms with E-state index in [0.717, 1.165) is 6.54 Å². The van der Waals surface area contributed by atoms with E-state index in [1.54, 1.807) is 31.2 Å². The number of rotatable bonds is 17. The van der Waals surface area contributed by atoms with Gasteiger partial charge in [-0.15, -0.1) is 0 Å². The highest BCUT2D eigenvalue weighted by molar-refractivity contribution is 5.96. The highest BCUT2D eigenvalue weighted by Gasteiger charge is 2.15. The molecule has 0 radical (unpaired) electrons. The third kappa shape index (κ3) is 14.5. The molecule has 0 aliphatic rings. The van der Waals surface area contributed by atoms with Gasteiger partial charge in [0.15, 0.2) is 5.75 Å². The summed E-state index contributed by atoms with van der Waals surface area (Å²) in [5.74, 6) is -0.153. The Kier molecular flexibility index (Phi) is 14.5. The van der Waals surface area contributed by atoms with Gasteiger partial charge in [0.05, 0.1) is 26.4 Å². The molecule has 0 aliphatic heterocycles. The number of hydrogen-bond acceptors (Lipinski definition) is 7. The van der Waals surface area contributed by atoms with Crippen LogP contribution in [0.3, 0.4) is 0 Å². The second-order valence-corrected chi connectivity index (χ2v) is 8.61. The van der Waals surface area contributed by atoms with Crippen molar-refractivity contribution in [3.05, 3.63) is 24.3 Å². The fraction of sp³-hybridized carbons (Fsp3) is 0.625. The summed E-state index contributed by atoms with van der Waals surface area (Å²) in [6.45, 7) is 12.2. The third-order valence-corrected chi connectivity index (χ3v) is 4.41. The Labute approximate surface area is 202 Å². The Balaban J connectivity index is 2.20. The zero-order chi connectivity index (χ0) is 25.3. The Bertz CT molecular complexity index is 739. The van der Waals surface area contributed by atoms with E-state index in [9.17, 15) is 14.4 Å². The molecule has 0 aromatic heterocycles. The summed E-state index contributed by atoms with van der Waals surface area (Å²) in [4.78, 5) is 41.2. The van der Waals surface area contributed by atoms with Crippen molar-refractivity contribution in [1.29, 1.82) is 0 Å². The van der Waals surface area contributed by atoms with Crippen LogP contribution in [0.5, 0.6) is 5.75 Å². The van der Waals surface area contributed by atoms with E-state index >= 15 is 0 Å². The van der Waals surface area contributed by atoms with Crippen LogP contribution in [0.2, 0.25) is 0 Å². The third-order valence-electron chi connectivity index (χ3n) is 4.41. The van der Waals surface area contributed by atoms with Crippen LogP contribution in [-0.4, -0.2) is 62.8 Å². The first-order chi connectivity index (χ1) is 16.2. The maximum atomic E-state index is 12.3. The second kappa shape index (κ2) is 16.9. The first-order valence-corrected chi connectivity index (χ1v) is 11.7. The molecule has 0 fully saturated rings. The fourth-order valence-corrected chi connectivity index (χ4v) is 2.67. The molecule has 34 heavy (non-hydrogen) atoms. The lowest BCUT2D eigenvalue weighted by atomic mass is 10.1. The molecule has 0 unspecified atom stereocenters. The lowest BCUT2D eigenvalue weighted by Crippen LogP contribution is -2.41. The van der Waals surface area contributed by atoms with Crippen LogP contribution in [0.4, 0.5) is 5.69 Å². The predicted octanol–water partition coefficient (Wildman–Crippen LogP) is 2.01. The molecule has 3 amide bonds. The van der Waals surface area contributed by atoms with Gasteiger partial charge in [-0.1, -0.05) is 27.7 Å². The Morgan fingerprint density at radius 1 is 0.853 bits per heavy atom. The zero-order valence-electron chi connectivity index (χ0n) is 20.9. The topological polar surface area (TPSA) is 127 Å². The number of carbonyl (C=O) groups excluding carboxylic acids is 3. The number of amides is 3. The standard InChI is InChI=1S/C24H40N4O6/c1-17(2)16-23(30)28-34-21-8-6-20(7-9-21)27-24(31)19(5)26-22(29)10-12-32-14-15-33-13-11-25-18(3)4/h6-9,17-19,25H,10-16H2,1-5H3,(H,26,29)(H,27,31)(H,28,30)/t19-/m0/s1. The molecule has 10 nitrogen and oxygen atoms in total. The van der Waals surface area contributed by atoms with Crippen LogP contribution in [0.1, 0.15) is 47.5 Å². The van der Waals surface area contributed by atoms with Gasteiger partial charge in [-0.05, 0) is 37.1 Å². The summed E-state index contributed by atoms with van der Waals surface area (Å²) in [7, 11) is 0. The van der Waals surface area contributed by atoms with Crippen molar-refractivity contribution in [2.45, 2.75) is 59.5 Å². The lowest BCUT2D eigenvalue weighted by Gasteiger charge is -2.15. The molecule has 0 heterocycles. The van der Waals surface area contributed by atoms with Gasteiger partial charge < -0.3 is 30.3 Å². The minimum Gasteiger partial charge on any atom is -0.380 e. The van der Waals surface area contributed by atoms with Crippen LogP contribution < -0.4 is 26.3 Å². The average Bonchev–Trinajstić information content (AvgIpc) is 2.76. The number of nitrogens with one attached hydrogen (secondary N) is 4. The number of hydroxylamine groups is 1. The van der Waals surface area contributed by atoms with Crippen LogP contribution in [-0.2, 0) is 23.9 Å². The molecule has 0 aliphatic carbocycles. The normalized spacial score (nSPS) is 11.9. The lowest BCUT2D eigenvalue weighted by molar-refractivity contribution is -0.128. The molecule has 4 N–H and O–H groups in total. The number of hydrogen-bond donors (Lipinski definition) is 4. The van der Waals surface area contributed by atoms with Crippen LogP contribution in [0, 0.1) is 5.92 Å². The monoisotopic (exact) mass is 480 g/mol. The molecular weight excluding hydrogens is 440 g/mol. The maximum Gasteiger partial charge on any atom is 0.252 e. The van der Waals surface area contributed by atoms with Crippen LogP contribution in [0.25, 0.3) is 0 Å². The molecule has 1 rings (SSSR count). The minimum absolute atomic E-state index is 0.154. The molecule has 1 aromatic rings. The quantitative estimate of drug-likeness (QED) is 0.198. The van der Waals surface area contributed by atoms with Gasteiger partial charge >= 0.3 is 0 Å². The first kappa shape index (κ1) is 29.3. The molecule has 1 aromatic carbocycles. The number of anilines is 1. The Morgan fingerprint density at radius 3 is 2.12 bits per heavy atom. The fourth-order valence-electron chi connectivity index (χ4n) is 2.67. The first-order valence-electron chi connectivity index (χ1n) is 11.7. The van der Waals surface area contributed by atoms with E-state index in [1.165, 1.54) is 0 Å². The SMILES string of the molecule is CC(C)CC(=O)NOc1ccc(NC(=O)[C@H](C)NC(=O)CCOCCOCCNC(C)C)cc1.